The van der Waals surface area contributed by atoms with Crippen LogP contribution in [0.1, 0.15) is 45.4 Å². The van der Waals surface area contributed by atoms with Crippen LogP contribution >= 0.6 is 0 Å². The Morgan fingerprint density at radius 1 is 1.04 bits per heavy atom. The van der Waals surface area contributed by atoms with Gasteiger partial charge in [-0.15, -0.1) is 0 Å². The molecule has 4 bridgehead atoms. The third-order valence-electron chi connectivity index (χ3n) is 6.25. The highest BCUT2D eigenvalue weighted by Gasteiger charge is 2.51. The highest BCUT2D eigenvalue weighted by Crippen LogP contribution is 2.55. The molecular weight excluding hydrogens is 329 g/mol. The van der Waals surface area contributed by atoms with Gasteiger partial charge in [-0.2, -0.15) is 0 Å². The summed E-state index contributed by atoms with van der Waals surface area (Å²) in [6.07, 6.45) is 7.20. The number of carbonyl (C=O) groups is 1. The van der Waals surface area contributed by atoms with Gasteiger partial charge in [-0.25, -0.2) is 13.2 Å². The zero-order valence-electron chi connectivity index (χ0n) is 14.2. The largest absolute Gasteiger partial charge is 0.322 e. The smallest absolute Gasteiger partial charge is 0.241 e. The number of anilines is 1. The normalized spacial score (nSPS) is 34.2. The number of hydrogen-bond acceptors (Lipinski definition) is 2. The molecule has 1 aromatic rings. The molecule has 2 N–H and O–H groups in total. The molecule has 136 valence electrons. The molecule has 0 unspecified atom stereocenters. The SMILES string of the molecule is C[C@@H](NC12CC3CC(CC(C3)C1)C2)C(=O)Nc1ccc(F)c(F)c1F. The summed E-state index contributed by atoms with van der Waals surface area (Å²) in [4.78, 5) is 12.4. The molecule has 0 spiro atoms. The van der Waals surface area contributed by atoms with Crippen molar-refractivity contribution in [3.05, 3.63) is 29.6 Å². The van der Waals surface area contributed by atoms with E-state index in [-0.39, 0.29) is 11.2 Å². The summed E-state index contributed by atoms with van der Waals surface area (Å²) in [6, 6.07) is 1.33. The van der Waals surface area contributed by atoms with Crippen LogP contribution < -0.4 is 10.6 Å². The molecule has 6 heteroatoms. The first-order valence-electron chi connectivity index (χ1n) is 9.07. The Balaban J connectivity index is 1.44. The van der Waals surface area contributed by atoms with Crippen molar-refractivity contribution >= 4 is 11.6 Å². The van der Waals surface area contributed by atoms with Crippen molar-refractivity contribution in [1.29, 1.82) is 0 Å². The van der Waals surface area contributed by atoms with E-state index in [9.17, 15) is 18.0 Å². The maximum Gasteiger partial charge on any atom is 0.241 e. The summed E-state index contributed by atoms with van der Waals surface area (Å²) in [5, 5.41) is 5.87. The fourth-order valence-corrected chi connectivity index (χ4v) is 5.68. The fraction of sp³-hybridized carbons (Fsp3) is 0.632. The predicted octanol–water partition coefficient (Wildman–Crippen LogP) is 3.99. The maximum atomic E-state index is 13.8. The molecule has 0 aliphatic heterocycles. The predicted molar refractivity (Wildman–Crippen MR) is 88.4 cm³/mol. The zero-order chi connectivity index (χ0) is 17.8. The molecular formula is C19H23F3N2O. The van der Waals surface area contributed by atoms with Crippen LogP contribution in [0.2, 0.25) is 0 Å². The lowest BCUT2D eigenvalue weighted by Gasteiger charge is -2.57. The van der Waals surface area contributed by atoms with Crippen molar-refractivity contribution < 1.29 is 18.0 Å². The first kappa shape index (κ1) is 16.9. The number of halogens is 3. The van der Waals surface area contributed by atoms with E-state index in [2.05, 4.69) is 10.6 Å². The Hall–Kier alpha value is -1.56. The second-order valence-electron chi connectivity index (χ2n) is 8.28. The van der Waals surface area contributed by atoms with Crippen LogP contribution in [0.25, 0.3) is 0 Å². The molecule has 0 saturated heterocycles. The van der Waals surface area contributed by atoms with Gasteiger partial charge in [0.05, 0.1) is 11.7 Å². The molecule has 3 nitrogen and oxygen atoms in total. The lowest BCUT2D eigenvalue weighted by atomic mass is 9.53. The van der Waals surface area contributed by atoms with Crippen molar-refractivity contribution in [2.45, 2.75) is 57.0 Å². The van der Waals surface area contributed by atoms with Gasteiger partial charge in [0.25, 0.3) is 0 Å². The number of benzene rings is 1. The molecule has 0 radical (unpaired) electrons. The first-order chi connectivity index (χ1) is 11.8. The molecule has 1 atom stereocenters. The van der Waals surface area contributed by atoms with Crippen LogP contribution in [0.15, 0.2) is 12.1 Å². The minimum atomic E-state index is -1.57. The van der Waals surface area contributed by atoms with E-state index in [1.165, 1.54) is 19.3 Å². The Labute approximate surface area is 145 Å². The van der Waals surface area contributed by atoms with Crippen LogP contribution in [-0.2, 0) is 4.79 Å². The molecule has 1 aromatic carbocycles. The topological polar surface area (TPSA) is 41.1 Å². The average molecular weight is 352 g/mol. The minimum Gasteiger partial charge on any atom is -0.322 e. The van der Waals surface area contributed by atoms with Crippen molar-refractivity contribution in [1.82, 2.24) is 5.32 Å². The van der Waals surface area contributed by atoms with Crippen molar-refractivity contribution in [3.63, 3.8) is 0 Å². The Bertz CT molecular complexity index is 671. The maximum absolute atomic E-state index is 13.8. The van der Waals surface area contributed by atoms with E-state index in [0.29, 0.717) is 0 Å². The summed E-state index contributed by atoms with van der Waals surface area (Å²) in [5.74, 6) is -2.39. The van der Waals surface area contributed by atoms with Gasteiger partial charge in [0, 0.05) is 5.54 Å². The first-order valence-corrected chi connectivity index (χ1v) is 9.07. The van der Waals surface area contributed by atoms with Crippen LogP contribution in [0.5, 0.6) is 0 Å². The van der Waals surface area contributed by atoms with Gasteiger partial charge in [-0.3, -0.25) is 4.79 Å². The van der Waals surface area contributed by atoms with E-state index in [1.54, 1.807) is 6.92 Å². The standard InChI is InChI=1S/C19H23F3N2O/c1-10(18(25)23-15-3-2-14(20)16(21)17(15)22)24-19-7-11-4-12(8-19)6-13(5-11)9-19/h2-3,10-13,24H,4-9H2,1H3,(H,23,25)/t10-,11?,12?,13?,19?/m1/s1. The van der Waals surface area contributed by atoms with Gasteiger partial charge in [0.15, 0.2) is 17.5 Å². The summed E-state index contributed by atoms with van der Waals surface area (Å²) >= 11 is 0. The van der Waals surface area contributed by atoms with Crippen LogP contribution in [0.4, 0.5) is 18.9 Å². The van der Waals surface area contributed by atoms with Gasteiger partial charge >= 0.3 is 0 Å². The van der Waals surface area contributed by atoms with Crippen LogP contribution in [0, 0.1) is 35.2 Å². The molecule has 0 heterocycles. The second kappa shape index (κ2) is 6.01. The summed E-state index contributed by atoms with van der Waals surface area (Å²) < 4.78 is 40.1. The van der Waals surface area contributed by atoms with Gasteiger partial charge in [0.1, 0.15) is 0 Å². The van der Waals surface area contributed by atoms with Gasteiger partial charge in [-0.05, 0) is 75.3 Å². The minimum absolute atomic E-state index is 0.00189. The Kier molecular flexibility index (Phi) is 4.06. The third-order valence-corrected chi connectivity index (χ3v) is 6.25. The zero-order valence-corrected chi connectivity index (χ0v) is 14.2. The van der Waals surface area contributed by atoms with E-state index < -0.39 is 29.4 Å². The number of carbonyl (C=O) groups excluding carboxylic acids is 1. The lowest BCUT2D eigenvalue weighted by Crippen LogP contribution is -2.62. The van der Waals surface area contributed by atoms with Gasteiger partial charge in [0.2, 0.25) is 5.91 Å². The lowest BCUT2D eigenvalue weighted by molar-refractivity contribution is -0.119. The summed E-state index contributed by atoms with van der Waals surface area (Å²) in [6.45, 7) is 1.74. The van der Waals surface area contributed by atoms with E-state index >= 15 is 0 Å². The van der Waals surface area contributed by atoms with Gasteiger partial charge in [-0.1, -0.05) is 0 Å². The Morgan fingerprint density at radius 2 is 1.60 bits per heavy atom. The third kappa shape index (κ3) is 3.05. The van der Waals surface area contributed by atoms with Gasteiger partial charge < -0.3 is 10.6 Å². The van der Waals surface area contributed by atoms with Crippen molar-refractivity contribution in [3.8, 4) is 0 Å². The monoisotopic (exact) mass is 352 g/mol. The van der Waals surface area contributed by atoms with Crippen LogP contribution in [-0.4, -0.2) is 17.5 Å². The van der Waals surface area contributed by atoms with E-state index in [1.807, 2.05) is 0 Å². The molecule has 4 fully saturated rings. The molecule has 25 heavy (non-hydrogen) atoms. The second-order valence-corrected chi connectivity index (χ2v) is 8.28. The molecule has 4 aliphatic rings. The number of amides is 1. The quantitative estimate of drug-likeness (QED) is 0.805. The highest BCUT2D eigenvalue weighted by atomic mass is 19.2. The van der Waals surface area contributed by atoms with Crippen molar-refractivity contribution in [2.24, 2.45) is 17.8 Å². The fourth-order valence-electron chi connectivity index (χ4n) is 5.68. The summed E-state index contributed by atoms with van der Waals surface area (Å²) in [7, 11) is 0. The molecule has 4 saturated carbocycles. The number of rotatable bonds is 4. The van der Waals surface area contributed by atoms with E-state index in [4.69, 9.17) is 0 Å². The number of hydrogen-bond donors (Lipinski definition) is 2. The summed E-state index contributed by atoms with van der Waals surface area (Å²) in [5.41, 5.74) is -0.332. The van der Waals surface area contributed by atoms with E-state index in [0.717, 1.165) is 49.1 Å². The number of nitrogens with one attached hydrogen (secondary N) is 2. The highest BCUT2D eigenvalue weighted by molar-refractivity contribution is 5.94. The van der Waals surface area contributed by atoms with Crippen molar-refractivity contribution in [2.75, 3.05) is 5.32 Å². The molecule has 1 amide bonds. The molecule has 5 rings (SSSR count). The molecule has 0 aromatic heterocycles. The molecule has 4 aliphatic carbocycles. The Morgan fingerprint density at radius 3 is 2.16 bits per heavy atom. The van der Waals surface area contributed by atoms with Crippen LogP contribution in [0.3, 0.4) is 0 Å². The average Bonchev–Trinajstić information content (AvgIpc) is 2.53.